The van der Waals surface area contributed by atoms with Crippen LogP contribution in [0, 0.1) is 19.3 Å². The van der Waals surface area contributed by atoms with Crippen molar-refractivity contribution < 1.29 is 4.42 Å². The van der Waals surface area contributed by atoms with Crippen molar-refractivity contribution in [2.24, 2.45) is 0 Å². The van der Waals surface area contributed by atoms with Gasteiger partial charge in [-0.2, -0.15) is 0 Å². The summed E-state index contributed by atoms with van der Waals surface area (Å²) in [6.07, 6.45) is 8.75. The van der Waals surface area contributed by atoms with Crippen LogP contribution in [0.4, 0.5) is 0 Å². The Hall–Kier alpha value is -1.20. The minimum absolute atomic E-state index is 0.329. The van der Waals surface area contributed by atoms with Crippen molar-refractivity contribution in [2.75, 3.05) is 6.54 Å². The molecule has 2 nitrogen and oxygen atoms in total. The van der Waals surface area contributed by atoms with Crippen LogP contribution >= 0.6 is 0 Å². The van der Waals surface area contributed by atoms with Gasteiger partial charge in [0, 0.05) is 18.0 Å². The average Bonchev–Trinajstić information content (AvgIpc) is 2.59. The van der Waals surface area contributed by atoms with Crippen molar-refractivity contribution >= 4 is 0 Å². The van der Waals surface area contributed by atoms with Gasteiger partial charge >= 0.3 is 0 Å². The normalized spacial score (nSPS) is 12.4. The van der Waals surface area contributed by atoms with Gasteiger partial charge in [-0.05, 0) is 26.0 Å². The van der Waals surface area contributed by atoms with E-state index in [0.717, 1.165) is 25.1 Å². The molecule has 2 heteroatoms. The van der Waals surface area contributed by atoms with E-state index in [1.807, 2.05) is 13.0 Å². The highest BCUT2D eigenvalue weighted by atomic mass is 16.3. The second kappa shape index (κ2) is 5.51. The zero-order valence-electron chi connectivity index (χ0n) is 8.84. The number of furan rings is 1. The molecular weight excluding hydrogens is 174 g/mol. The summed E-state index contributed by atoms with van der Waals surface area (Å²) in [4.78, 5) is 0. The largest absolute Gasteiger partial charge is 0.469 e. The Morgan fingerprint density at radius 1 is 1.64 bits per heavy atom. The fourth-order valence-electron chi connectivity index (χ4n) is 1.60. The minimum atomic E-state index is 0.329. The summed E-state index contributed by atoms with van der Waals surface area (Å²) in [6, 6.07) is 2.34. The number of hydrogen-bond acceptors (Lipinski definition) is 2. The Bertz CT molecular complexity index is 308. The molecule has 1 N–H and O–H groups in total. The SMILES string of the molecule is C#CCCC(NCC)c1ccoc1C. The van der Waals surface area contributed by atoms with E-state index >= 15 is 0 Å². The van der Waals surface area contributed by atoms with Gasteiger partial charge in [0.15, 0.2) is 0 Å². The van der Waals surface area contributed by atoms with Crippen molar-refractivity contribution in [2.45, 2.75) is 32.7 Å². The van der Waals surface area contributed by atoms with Crippen molar-refractivity contribution in [3.05, 3.63) is 23.7 Å². The summed E-state index contributed by atoms with van der Waals surface area (Å²) in [7, 11) is 0. The number of terminal acetylenes is 1. The predicted molar refractivity (Wildman–Crippen MR) is 57.9 cm³/mol. The maximum atomic E-state index is 5.28. The monoisotopic (exact) mass is 191 g/mol. The van der Waals surface area contributed by atoms with Crippen LogP contribution in [0.25, 0.3) is 0 Å². The average molecular weight is 191 g/mol. The molecule has 0 amide bonds. The Morgan fingerprint density at radius 3 is 2.93 bits per heavy atom. The predicted octanol–water partition coefficient (Wildman–Crippen LogP) is 2.65. The Kier molecular flexibility index (Phi) is 4.28. The highest BCUT2D eigenvalue weighted by molar-refractivity contribution is 5.20. The van der Waals surface area contributed by atoms with Crippen LogP contribution in [0.15, 0.2) is 16.7 Å². The van der Waals surface area contributed by atoms with Crippen molar-refractivity contribution in [1.82, 2.24) is 5.32 Å². The number of aryl methyl sites for hydroxylation is 1. The fourth-order valence-corrected chi connectivity index (χ4v) is 1.60. The lowest BCUT2D eigenvalue weighted by atomic mass is 10.0. The first-order chi connectivity index (χ1) is 6.79. The van der Waals surface area contributed by atoms with Crippen LogP contribution in [0.2, 0.25) is 0 Å². The van der Waals surface area contributed by atoms with Crippen molar-refractivity contribution in [3.63, 3.8) is 0 Å². The molecule has 0 saturated heterocycles. The quantitative estimate of drug-likeness (QED) is 0.724. The van der Waals surface area contributed by atoms with Gasteiger partial charge in [0.1, 0.15) is 5.76 Å². The summed E-state index contributed by atoms with van der Waals surface area (Å²) < 4.78 is 5.28. The van der Waals surface area contributed by atoms with Crippen LogP contribution in [-0.2, 0) is 0 Å². The molecule has 0 aliphatic rings. The molecule has 1 heterocycles. The van der Waals surface area contributed by atoms with Gasteiger partial charge in [-0.15, -0.1) is 12.3 Å². The van der Waals surface area contributed by atoms with Gasteiger partial charge in [-0.1, -0.05) is 6.92 Å². The number of nitrogens with one attached hydrogen (secondary N) is 1. The van der Waals surface area contributed by atoms with Crippen LogP contribution in [-0.4, -0.2) is 6.54 Å². The zero-order valence-corrected chi connectivity index (χ0v) is 8.84. The molecule has 0 bridgehead atoms. The first kappa shape index (κ1) is 10.9. The molecule has 0 aliphatic heterocycles. The highest BCUT2D eigenvalue weighted by Crippen LogP contribution is 2.22. The number of rotatable bonds is 5. The molecule has 0 aliphatic carbocycles. The van der Waals surface area contributed by atoms with E-state index in [0.29, 0.717) is 6.04 Å². The van der Waals surface area contributed by atoms with E-state index in [-0.39, 0.29) is 0 Å². The first-order valence-electron chi connectivity index (χ1n) is 5.00. The Labute approximate surface area is 85.7 Å². The van der Waals surface area contributed by atoms with Crippen LogP contribution in [0.3, 0.4) is 0 Å². The molecule has 1 aromatic heterocycles. The zero-order chi connectivity index (χ0) is 10.4. The van der Waals surface area contributed by atoms with E-state index in [9.17, 15) is 0 Å². The van der Waals surface area contributed by atoms with Crippen LogP contribution in [0.5, 0.6) is 0 Å². The molecule has 0 fully saturated rings. The van der Waals surface area contributed by atoms with E-state index < -0.39 is 0 Å². The van der Waals surface area contributed by atoms with E-state index in [1.165, 1.54) is 5.56 Å². The lowest BCUT2D eigenvalue weighted by Crippen LogP contribution is -2.20. The standard InChI is InChI=1S/C12H17NO/c1-4-6-7-12(13-5-2)11-8-9-14-10(11)3/h1,8-9,12-13H,5-7H2,2-3H3. The first-order valence-corrected chi connectivity index (χ1v) is 5.00. The summed E-state index contributed by atoms with van der Waals surface area (Å²) in [5.41, 5.74) is 1.22. The molecule has 1 aromatic rings. The Morgan fingerprint density at radius 2 is 2.43 bits per heavy atom. The third-order valence-corrected chi connectivity index (χ3v) is 2.30. The van der Waals surface area contributed by atoms with E-state index in [2.05, 4.69) is 18.2 Å². The summed E-state index contributed by atoms with van der Waals surface area (Å²) >= 11 is 0. The topological polar surface area (TPSA) is 25.2 Å². The lowest BCUT2D eigenvalue weighted by molar-refractivity contribution is 0.489. The smallest absolute Gasteiger partial charge is 0.105 e. The molecule has 14 heavy (non-hydrogen) atoms. The van der Waals surface area contributed by atoms with Gasteiger partial charge in [-0.25, -0.2) is 0 Å². The van der Waals surface area contributed by atoms with Crippen molar-refractivity contribution in [1.29, 1.82) is 0 Å². The maximum Gasteiger partial charge on any atom is 0.105 e. The Balaban J connectivity index is 2.68. The molecule has 0 aromatic carbocycles. The maximum absolute atomic E-state index is 5.28. The molecular formula is C12H17NO. The summed E-state index contributed by atoms with van der Waals surface area (Å²) in [5.74, 6) is 3.65. The van der Waals surface area contributed by atoms with Crippen LogP contribution < -0.4 is 5.32 Å². The second-order valence-electron chi connectivity index (χ2n) is 3.29. The van der Waals surface area contributed by atoms with Crippen molar-refractivity contribution in [3.8, 4) is 12.3 Å². The number of hydrogen-bond donors (Lipinski definition) is 1. The van der Waals surface area contributed by atoms with Crippen LogP contribution in [0.1, 0.15) is 37.1 Å². The third-order valence-electron chi connectivity index (χ3n) is 2.30. The molecule has 1 unspecified atom stereocenters. The van der Waals surface area contributed by atoms with Gasteiger partial charge in [0.2, 0.25) is 0 Å². The van der Waals surface area contributed by atoms with Gasteiger partial charge < -0.3 is 9.73 Å². The summed E-state index contributed by atoms with van der Waals surface area (Å²) in [6.45, 7) is 5.02. The molecule has 0 radical (unpaired) electrons. The second-order valence-corrected chi connectivity index (χ2v) is 3.29. The van der Waals surface area contributed by atoms with Gasteiger partial charge in [0.05, 0.1) is 6.26 Å². The molecule has 1 atom stereocenters. The fraction of sp³-hybridized carbons (Fsp3) is 0.500. The minimum Gasteiger partial charge on any atom is -0.469 e. The van der Waals surface area contributed by atoms with Gasteiger partial charge in [0.25, 0.3) is 0 Å². The molecule has 0 spiro atoms. The summed E-state index contributed by atoms with van der Waals surface area (Å²) in [5, 5.41) is 3.41. The van der Waals surface area contributed by atoms with Gasteiger partial charge in [-0.3, -0.25) is 0 Å². The van der Waals surface area contributed by atoms with E-state index in [1.54, 1.807) is 6.26 Å². The molecule has 1 rings (SSSR count). The van der Waals surface area contributed by atoms with E-state index in [4.69, 9.17) is 10.8 Å². The highest BCUT2D eigenvalue weighted by Gasteiger charge is 2.13. The lowest BCUT2D eigenvalue weighted by Gasteiger charge is -2.15. The molecule has 76 valence electrons. The molecule has 0 saturated carbocycles. The third kappa shape index (κ3) is 2.65.